The van der Waals surface area contributed by atoms with Gasteiger partial charge < -0.3 is 5.32 Å². The molecule has 1 aliphatic heterocycles. The molecule has 5 heteroatoms. The average molecular weight is 298 g/mol. The second-order valence-electron chi connectivity index (χ2n) is 4.70. The lowest BCUT2D eigenvalue weighted by molar-refractivity contribution is -0.117. The molecular weight excluding hydrogens is 287 g/mol. The lowest BCUT2D eigenvalue weighted by Crippen LogP contribution is -2.21. The van der Waals surface area contributed by atoms with Crippen LogP contribution in [0.3, 0.4) is 0 Å². The largest absolute Gasteiger partial charge is 0.323 e. The highest BCUT2D eigenvalue weighted by Gasteiger charge is 2.29. The normalized spacial score (nSPS) is 16.1. The topological polar surface area (TPSA) is 52.9 Å². The number of fused-ring (bicyclic) bond motifs is 1. The summed E-state index contributed by atoms with van der Waals surface area (Å²) in [5, 5.41) is 11.3. The van der Waals surface area contributed by atoms with Gasteiger partial charge in [0, 0.05) is 10.6 Å². The van der Waals surface area contributed by atoms with Crippen molar-refractivity contribution >= 4 is 23.4 Å². The number of hydrogen-bond donors (Lipinski definition) is 1. The molecule has 0 aliphatic carbocycles. The molecular formula is C16H11FN2OS. The number of carbonyl (C=O) groups excluding carboxylic acids is 1. The third kappa shape index (κ3) is 2.63. The Balaban J connectivity index is 1.81. The van der Waals surface area contributed by atoms with Crippen LogP contribution in [0.15, 0.2) is 47.4 Å². The van der Waals surface area contributed by atoms with Crippen LogP contribution >= 0.6 is 11.8 Å². The van der Waals surface area contributed by atoms with E-state index in [9.17, 15) is 9.18 Å². The summed E-state index contributed by atoms with van der Waals surface area (Å²) < 4.78 is 13.8. The van der Waals surface area contributed by atoms with Crippen LogP contribution in [-0.2, 0) is 4.79 Å². The van der Waals surface area contributed by atoms with Gasteiger partial charge >= 0.3 is 0 Å². The van der Waals surface area contributed by atoms with Crippen molar-refractivity contribution in [1.82, 2.24) is 0 Å². The van der Waals surface area contributed by atoms with Gasteiger partial charge in [0.1, 0.15) is 5.82 Å². The summed E-state index contributed by atoms with van der Waals surface area (Å²) in [5.41, 5.74) is 1.31. The molecule has 1 aliphatic rings. The maximum atomic E-state index is 13.8. The molecule has 3 nitrogen and oxygen atoms in total. The third-order valence-electron chi connectivity index (χ3n) is 3.37. The summed E-state index contributed by atoms with van der Waals surface area (Å²) in [6, 6.07) is 13.6. The summed E-state index contributed by atoms with van der Waals surface area (Å²) in [7, 11) is 0. The summed E-state index contributed by atoms with van der Waals surface area (Å²) in [6.45, 7) is 0. The van der Waals surface area contributed by atoms with Crippen molar-refractivity contribution < 1.29 is 9.18 Å². The highest BCUT2D eigenvalue weighted by atomic mass is 32.2. The molecule has 0 aromatic heterocycles. The van der Waals surface area contributed by atoms with E-state index in [1.54, 1.807) is 11.8 Å². The molecule has 21 heavy (non-hydrogen) atoms. The molecule has 1 amide bonds. The summed E-state index contributed by atoms with van der Waals surface area (Å²) >= 11 is 1.63. The Morgan fingerprint density at radius 1 is 1.33 bits per heavy atom. The first-order valence-corrected chi connectivity index (χ1v) is 7.40. The fourth-order valence-corrected chi connectivity index (χ4v) is 3.51. The Labute approximate surface area is 125 Å². The lowest BCUT2D eigenvalue weighted by Gasteiger charge is -2.12. The third-order valence-corrected chi connectivity index (χ3v) is 4.56. The highest BCUT2D eigenvalue weighted by molar-refractivity contribution is 7.99. The average Bonchev–Trinajstić information content (AvgIpc) is 2.93. The predicted octanol–water partition coefficient (Wildman–Crippen LogP) is 3.53. The number of carbonyl (C=O) groups is 1. The Bertz CT molecular complexity index is 754. The molecule has 104 valence electrons. The number of thioether (sulfide) groups is 1. The van der Waals surface area contributed by atoms with Crippen molar-refractivity contribution in [2.45, 2.75) is 10.8 Å². The van der Waals surface area contributed by atoms with Crippen LogP contribution in [0.4, 0.5) is 10.1 Å². The van der Waals surface area contributed by atoms with Gasteiger partial charge in [-0.1, -0.05) is 18.2 Å². The van der Waals surface area contributed by atoms with E-state index in [-0.39, 0.29) is 23.1 Å². The van der Waals surface area contributed by atoms with Crippen LogP contribution < -0.4 is 5.32 Å². The van der Waals surface area contributed by atoms with Gasteiger partial charge in [-0.15, -0.1) is 11.8 Å². The van der Waals surface area contributed by atoms with E-state index >= 15 is 0 Å². The van der Waals surface area contributed by atoms with Gasteiger partial charge in [-0.3, -0.25) is 4.79 Å². The quantitative estimate of drug-likeness (QED) is 0.923. The summed E-state index contributed by atoms with van der Waals surface area (Å²) in [4.78, 5) is 13.4. The van der Waals surface area contributed by atoms with Gasteiger partial charge in [0.05, 0.1) is 23.2 Å². The SMILES string of the molecule is N#Cc1ccc(NC(=O)C2CSc3ccccc32)c(F)c1. The molecule has 2 aromatic carbocycles. The number of benzene rings is 2. The molecule has 0 bridgehead atoms. The summed E-state index contributed by atoms with van der Waals surface area (Å²) in [5.74, 6) is -0.443. The van der Waals surface area contributed by atoms with Crippen LogP contribution in [0.2, 0.25) is 0 Å². The number of rotatable bonds is 2. The molecule has 1 heterocycles. The van der Waals surface area contributed by atoms with Crippen LogP contribution in [0, 0.1) is 17.1 Å². The van der Waals surface area contributed by atoms with E-state index in [1.807, 2.05) is 30.3 Å². The number of hydrogen-bond acceptors (Lipinski definition) is 3. The minimum Gasteiger partial charge on any atom is -0.323 e. The minimum absolute atomic E-state index is 0.105. The first-order chi connectivity index (χ1) is 10.2. The van der Waals surface area contributed by atoms with Gasteiger partial charge in [0.2, 0.25) is 5.91 Å². The van der Waals surface area contributed by atoms with Gasteiger partial charge in [0.15, 0.2) is 0 Å². The van der Waals surface area contributed by atoms with E-state index in [0.717, 1.165) is 16.5 Å². The molecule has 1 unspecified atom stereocenters. The van der Waals surface area contributed by atoms with Crippen LogP contribution in [0.5, 0.6) is 0 Å². The second-order valence-corrected chi connectivity index (χ2v) is 5.76. The van der Waals surface area contributed by atoms with E-state index in [4.69, 9.17) is 5.26 Å². The van der Waals surface area contributed by atoms with Crippen molar-refractivity contribution in [2.75, 3.05) is 11.1 Å². The zero-order valence-corrected chi connectivity index (χ0v) is 11.8. The van der Waals surface area contributed by atoms with Crippen LogP contribution in [-0.4, -0.2) is 11.7 Å². The Hall–Kier alpha value is -2.32. The number of halogens is 1. The van der Waals surface area contributed by atoms with Crippen molar-refractivity contribution in [3.05, 3.63) is 59.4 Å². The molecule has 0 saturated heterocycles. The highest BCUT2D eigenvalue weighted by Crippen LogP contribution is 2.39. The standard InChI is InChI=1S/C16H11FN2OS/c17-13-7-10(8-18)5-6-14(13)19-16(20)12-9-21-15-4-2-1-3-11(12)15/h1-7,12H,9H2,(H,19,20). The smallest absolute Gasteiger partial charge is 0.232 e. The van der Waals surface area contributed by atoms with Gasteiger partial charge in [-0.2, -0.15) is 5.26 Å². The van der Waals surface area contributed by atoms with Crippen molar-refractivity contribution in [3.8, 4) is 6.07 Å². The van der Waals surface area contributed by atoms with Gasteiger partial charge in [0.25, 0.3) is 0 Å². The van der Waals surface area contributed by atoms with Gasteiger partial charge in [-0.25, -0.2) is 4.39 Å². The number of nitriles is 1. The number of anilines is 1. The van der Waals surface area contributed by atoms with Crippen LogP contribution in [0.1, 0.15) is 17.0 Å². The molecule has 0 saturated carbocycles. The minimum atomic E-state index is -0.596. The number of nitrogens with zero attached hydrogens (tertiary/aromatic N) is 1. The van der Waals surface area contributed by atoms with Crippen molar-refractivity contribution in [1.29, 1.82) is 5.26 Å². The number of amides is 1. The van der Waals surface area contributed by atoms with Crippen molar-refractivity contribution in [3.63, 3.8) is 0 Å². The van der Waals surface area contributed by atoms with Gasteiger partial charge in [-0.05, 0) is 29.8 Å². The fraction of sp³-hybridized carbons (Fsp3) is 0.125. The molecule has 1 N–H and O–H groups in total. The molecule has 0 spiro atoms. The zero-order chi connectivity index (χ0) is 14.8. The lowest BCUT2D eigenvalue weighted by atomic mass is 10.0. The zero-order valence-electron chi connectivity index (χ0n) is 11.0. The molecule has 0 radical (unpaired) electrons. The Morgan fingerprint density at radius 3 is 2.90 bits per heavy atom. The monoisotopic (exact) mass is 298 g/mol. The molecule has 3 rings (SSSR count). The fourth-order valence-electron chi connectivity index (χ4n) is 2.29. The predicted molar refractivity (Wildman–Crippen MR) is 79.7 cm³/mol. The van der Waals surface area contributed by atoms with E-state index in [0.29, 0.717) is 5.75 Å². The maximum Gasteiger partial charge on any atom is 0.232 e. The molecule has 1 atom stereocenters. The first kappa shape index (κ1) is 13.7. The Morgan fingerprint density at radius 2 is 2.14 bits per heavy atom. The maximum absolute atomic E-state index is 13.8. The van der Waals surface area contributed by atoms with Crippen LogP contribution in [0.25, 0.3) is 0 Å². The van der Waals surface area contributed by atoms with E-state index < -0.39 is 5.82 Å². The molecule has 0 fully saturated rings. The van der Waals surface area contributed by atoms with Crippen molar-refractivity contribution in [2.24, 2.45) is 0 Å². The van der Waals surface area contributed by atoms with E-state index in [1.165, 1.54) is 12.1 Å². The Kier molecular flexibility index (Phi) is 3.63. The summed E-state index contributed by atoms with van der Waals surface area (Å²) in [6.07, 6.45) is 0. The first-order valence-electron chi connectivity index (χ1n) is 6.41. The number of nitrogens with one attached hydrogen (secondary N) is 1. The molecule has 2 aromatic rings. The second kappa shape index (κ2) is 5.58. The van der Waals surface area contributed by atoms with E-state index in [2.05, 4.69) is 5.32 Å².